The molecule has 0 aliphatic carbocycles. The maximum absolute atomic E-state index is 13.0. The van der Waals surface area contributed by atoms with Crippen molar-refractivity contribution in [1.29, 1.82) is 0 Å². The molecule has 1 saturated heterocycles. The molecule has 180 valence electrons. The number of anilines is 1. The second kappa shape index (κ2) is 10.3. The van der Waals surface area contributed by atoms with Gasteiger partial charge in [0.25, 0.3) is 0 Å². The molecule has 3 aromatic carbocycles. The minimum absolute atomic E-state index is 0.0387. The van der Waals surface area contributed by atoms with Gasteiger partial charge in [0.1, 0.15) is 5.82 Å². The van der Waals surface area contributed by atoms with Crippen LogP contribution >= 0.6 is 15.9 Å². The highest BCUT2D eigenvalue weighted by molar-refractivity contribution is 9.10. The Kier molecular flexibility index (Phi) is 7.02. The summed E-state index contributed by atoms with van der Waals surface area (Å²) in [6.45, 7) is 6.84. The van der Waals surface area contributed by atoms with Crippen LogP contribution < -0.4 is 5.32 Å². The summed E-state index contributed by atoms with van der Waals surface area (Å²) in [6, 6.07) is 24.8. The number of hydrogen-bond donors (Lipinski definition) is 1. The number of nitrogens with zero attached hydrogens (tertiary/aromatic N) is 3. The molecule has 6 heteroatoms. The normalized spacial score (nSPS) is 15.1. The molecular weight excluding hydrogens is 500 g/mol. The van der Waals surface area contributed by atoms with Gasteiger partial charge in [-0.1, -0.05) is 60.1 Å². The molecule has 2 heterocycles. The number of likely N-dealkylation sites (tertiary alicyclic amines) is 1. The smallest absolute Gasteiger partial charge is 0.227 e. The summed E-state index contributed by atoms with van der Waals surface area (Å²) in [5.74, 6) is 1.58. The molecule has 1 aliphatic rings. The fourth-order valence-corrected chi connectivity index (χ4v) is 5.23. The van der Waals surface area contributed by atoms with E-state index in [0.29, 0.717) is 5.92 Å². The molecule has 0 atom stereocenters. The minimum atomic E-state index is 0.0387. The van der Waals surface area contributed by atoms with Crippen LogP contribution in [0.25, 0.3) is 16.7 Å². The van der Waals surface area contributed by atoms with Gasteiger partial charge in [-0.2, -0.15) is 0 Å². The van der Waals surface area contributed by atoms with Crippen LogP contribution in [0.3, 0.4) is 0 Å². The van der Waals surface area contributed by atoms with Gasteiger partial charge in [0, 0.05) is 21.8 Å². The Balaban J connectivity index is 1.28. The summed E-state index contributed by atoms with van der Waals surface area (Å²) in [5, 5.41) is 3.20. The lowest BCUT2D eigenvalue weighted by molar-refractivity contribution is -0.121. The fourth-order valence-electron chi connectivity index (χ4n) is 4.96. The highest BCUT2D eigenvalue weighted by Crippen LogP contribution is 2.28. The first-order valence-electron chi connectivity index (χ1n) is 12.3. The average molecular weight is 531 g/mol. The molecule has 1 aliphatic heterocycles. The predicted molar refractivity (Wildman–Crippen MR) is 146 cm³/mol. The van der Waals surface area contributed by atoms with E-state index in [1.807, 2.05) is 24.3 Å². The summed E-state index contributed by atoms with van der Waals surface area (Å²) in [4.78, 5) is 20.4. The lowest BCUT2D eigenvalue weighted by Gasteiger charge is -2.31. The van der Waals surface area contributed by atoms with Gasteiger partial charge in [-0.25, -0.2) is 4.98 Å². The quantitative estimate of drug-likeness (QED) is 0.299. The number of rotatable bonds is 6. The Bertz CT molecular complexity index is 1320. The van der Waals surface area contributed by atoms with E-state index in [1.54, 1.807) is 0 Å². The minimum Gasteiger partial charge on any atom is -0.326 e. The molecule has 5 rings (SSSR count). The molecule has 1 N–H and O–H groups in total. The van der Waals surface area contributed by atoms with Gasteiger partial charge in [-0.3, -0.25) is 14.3 Å². The average Bonchev–Trinajstić information content (AvgIpc) is 3.23. The molecule has 5 nitrogen and oxygen atoms in total. The largest absolute Gasteiger partial charge is 0.326 e. The van der Waals surface area contributed by atoms with Crippen molar-refractivity contribution in [2.45, 2.75) is 39.2 Å². The molecule has 0 radical (unpaired) electrons. The van der Waals surface area contributed by atoms with Gasteiger partial charge in [0.05, 0.1) is 17.6 Å². The zero-order valence-corrected chi connectivity index (χ0v) is 21.8. The summed E-state index contributed by atoms with van der Waals surface area (Å²) in [7, 11) is 0. The third kappa shape index (κ3) is 5.19. The number of hydrogen-bond acceptors (Lipinski definition) is 3. The number of carbonyl (C=O) groups excluding carboxylic acids is 1. The third-order valence-electron chi connectivity index (χ3n) is 6.88. The number of benzene rings is 3. The van der Waals surface area contributed by atoms with Gasteiger partial charge in [0.15, 0.2) is 0 Å². The van der Waals surface area contributed by atoms with E-state index in [9.17, 15) is 4.79 Å². The van der Waals surface area contributed by atoms with Crippen molar-refractivity contribution in [3.8, 4) is 5.69 Å². The van der Waals surface area contributed by atoms with E-state index in [2.05, 4.69) is 93.1 Å². The van der Waals surface area contributed by atoms with Crippen molar-refractivity contribution >= 4 is 38.6 Å². The lowest BCUT2D eigenvalue weighted by Crippen LogP contribution is -2.38. The maximum atomic E-state index is 13.0. The lowest BCUT2D eigenvalue weighted by atomic mass is 9.95. The first kappa shape index (κ1) is 23.8. The van der Waals surface area contributed by atoms with E-state index in [4.69, 9.17) is 4.98 Å². The number of halogens is 1. The molecule has 0 spiro atoms. The number of para-hydroxylation sites is 3. The van der Waals surface area contributed by atoms with Crippen LogP contribution in [-0.4, -0.2) is 33.4 Å². The molecule has 0 saturated carbocycles. The van der Waals surface area contributed by atoms with E-state index < -0.39 is 0 Å². The van der Waals surface area contributed by atoms with Gasteiger partial charge in [-0.15, -0.1) is 0 Å². The zero-order chi connectivity index (χ0) is 24.4. The number of aromatic nitrogens is 2. The number of imidazole rings is 1. The van der Waals surface area contributed by atoms with E-state index in [-0.39, 0.29) is 11.8 Å². The Morgan fingerprint density at radius 1 is 1.00 bits per heavy atom. The van der Waals surface area contributed by atoms with Gasteiger partial charge >= 0.3 is 0 Å². The number of carbonyl (C=O) groups is 1. The van der Waals surface area contributed by atoms with Crippen molar-refractivity contribution < 1.29 is 4.79 Å². The van der Waals surface area contributed by atoms with E-state index in [0.717, 1.165) is 65.2 Å². The predicted octanol–water partition coefficient (Wildman–Crippen LogP) is 6.76. The SMILES string of the molecule is CC(C)c1ccccc1NC(=O)C1CCN(Cc2nc3ccccc3n2-c2ccc(Br)cc2)CC1. The van der Waals surface area contributed by atoms with Crippen LogP contribution in [0.1, 0.15) is 44.0 Å². The summed E-state index contributed by atoms with van der Waals surface area (Å²) < 4.78 is 3.31. The van der Waals surface area contributed by atoms with Crippen LogP contribution in [0.4, 0.5) is 5.69 Å². The van der Waals surface area contributed by atoms with Crippen molar-refractivity contribution in [1.82, 2.24) is 14.5 Å². The number of fused-ring (bicyclic) bond motifs is 1. The number of nitrogens with one attached hydrogen (secondary N) is 1. The molecule has 0 unspecified atom stereocenters. The first-order chi connectivity index (χ1) is 17.0. The fraction of sp³-hybridized carbons (Fsp3) is 0.310. The Morgan fingerprint density at radius 2 is 1.69 bits per heavy atom. The van der Waals surface area contributed by atoms with Crippen molar-refractivity contribution in [2.75, 3.05) is 18.4 Å². The topological polar surface area (TPSA) is 50.2 Å². The van der Waals surface area contributed by atoms with Crippen LogP contribution in [0, 0.1) is 5.92 Å². The monoisotopic (exact) mass is 530 g/mol. The molecule has 0 bridgehead atoms. The second-order valence-corrected chi connectivity index (χ2v) is 10.5. The van der Waals surface area contributed by atoms with Crippen molar-refractivity contribution in [2.24, 2.45) is 5.92 Å². The zero-order valence-electron chi connectivity index (χ0n) is 20.2. The van der Waals surface area contributed by atoms with Crippen molar-refractivity contribution in [3.05, 3.63) is 88.7 Å². The summed E-state index contributed by atoms with van der Waals surface area (Å²) >= 11 is 3.54. The van der Waals surface area contributed by atoms with Crippen molar-refractivity contribution in [3.63, 3.8) is 0 Å². The molecule has 1 aromatic heterocycles. The highest BCUT2D eigenvalue weighted by Gasteiger charge is 2.27. The number of piperidine rings is 1. The number of amides is 1. The van der Waals surface area contributed by atoms with E-state index in [1.165, 1.54) is 5.56 Å². The van der Waals surface area contributed by atoms with Gasteiger partial charge in [0.2, 0.25) is 5.91 Å². The van der Waals surface area contributed by atoms with Crippen LogP contribution in [0.2, 0.25) is 0 Å². The Morgan fingerprint density at radius 3 is 2.43 bits per heavy atom. The van der Waals surface area contributed by atoms with Gasteiger partial charge < -0.3 is 5.32 Å². The highest BCUT2D eigenvalue weighted by atomic mass is 79.9. The van der Waals surface area contributed by atoms with Crippen LogP contribution in [0.15, 0.2) is 77.3 Å². The first-order valence-corrected chi connectivity index (χ1v) is 13.1. The standard InChI is InChI=1S/C29H31BrN4O/c1-20(2)24-7-3-4-8-25(24)32-29(35)21-15-17-33(18-16-21)19-28-31-26-9-5-6-10-27(26)34(28)23-13-11-22(30)12-14-23/h3-14,20-21H,15-19H2,1-2H3,(H,32,35). The Hall–Kier alpha value is -2.96. The molecule has 1 fully saturated rings. The van der Waals surface area contributed by atoms with Crippen LogP contribution in [-0.2, 0) is 11.3 Å². The third-order valence-corrected chi connectivity index (χ3v) is 7.41. The maximum Gasteiger partial charge on any atom is 0.227 e. The summed E-state index contributed by atoms with van der Waals surface area (Å²) in [6.07, 6.45) is 1.71. The molecule has 1 amide bonds. The Labute approximate surface area is 215 Å². The molecule has 4 aromatic rings. The van der Waals surface area contributed by atoms with E-state index >= 15 is 0 Å². The second-order valence-electron chi connectivity index (χ2n) is 9.61. The van der Waals surface area contributed by atoms with Gasteiger partial charge in [-0.05, 0) is 79.9 Å². The molecule has 35 heavy (non-hydrogen) atoms. The van der Waals surface area contributed by atoms with Crippen LogP contribution in [0.5, 0.6) is 0 Å². The summed E-state index contributed by atoms with van der Waals surface area (Å²) in [5.41, 5.74) is 5.35. The molecular formula is C29H31BrN4O.